The molecule has 4 N–H and O–H groups in total. The Kier molecular flexibility index (Phi) is 3.69. The van der Waals surface area contributed by atoms with Crippen LogP contribution in [-0.2, 0) is 0 Å². The Morgan fingerprint density at radius 3 is 2.93 bits per heavy atom. The predicted octanol–water partition coefficient (Wildman–Crippen LogP) is 1.67. The van der Waals surface area contributed by atoms with Crippen LogP contribution >= 0.6 is 11.8 Å². The lowest BCUT2D eigenvalue weighted by Crippen LogP contribution is -2.24. The molecule has 0 radical (unpaired) electrons. The maximum atomic E-state index is 5.31. The molecular formula is C10H16N4S. The van der Waals surface area contributed by atoms with E-state index in [4.69, 9.17) is 5.84 Å². The van der Waals surface area contributed by atoms with E-state index in [1.54, 1.807) is 6.20 Å². The van der Waals surface area contributed by atoms with Gasteiger partial charge in [-0.3, -0.25) is 0 Å². The molecule has 1 saturated heterocycles. The van der Waals surface area contributed by atoms with Crippen LogP contribution in [0.15, 0.2) is 18.3 Å². The van der Waals surface area contributed by atoms with E-state index in [9.17, 15) is 0 Å². The molecule has 2 rings (SSSR count). The predicted molar refractivity (Wildman–Crippen MR) is 66.0 cm³/mol. The fourth-order valence-electron chi connectivity index (χ4n) is 1.68. The molecule has 4 nitrogen and oxygen atoms in total. The molecular weight excluding hydrogens is 208 g/mol. The fraction of sp³-hybridized carbons (Fsp3) is 0.500. The normalized spacial score (nSPS) is 17.4. The molecule has 15 heavy (non-hydrogen) atoms. The second-order valence-electron chi connectivity index (χ2n) is 3.61. The molecule has 1 aromatic heterocycles. The van der Waals surface area contributed by atoms with Gasteiger partial charge in [0, 0.05) is 24.0 Å². The molecule has 0 bridgehead atoms. The van der Waals surface area contributed by atoms with Crippen molar-refractivity contribution in [3.63, 3.8) is 0 Å². The van der Waals surface area contributed by atoms with Crippen LogP contribution in [0.25, 0.3) is 0 Å². The molecule has 82 valence electrons. The Balaban J connectivity index is 1.96. The molecule has 5 heteroatoms. The van der Waals surface area contributed by atoms with Crippen molar-refractivity contribution in [2.75, 3.05) is 22.2 Å². The van der Waals surface area contributed by atoms with Crippen molar-refractivity contribution in [3.05, 3.63) is 18.3 Å². The first-order chi connectivity index (χ1) is 7.38. The Bertz CT molecular complexity index is 312. The highest BCUT2D eigenvalue weighted by atomic mass is 32.2. The van der Waals surface area contributed by atoms with Gasteiger partial charge in [0.05, 0.1) is 0 Å². The molecule has 1 aliphatic rings. The number of thioether (sulfide) groups is 1. The van der Waals surface area contributed by atoms with Crippen LogP contribution in [0.3, 0.4) is 0 Å². The Hall–Kier alpha value is -0.940. The third kappa shape index (κ3) is 3.00. The second-order valence-corrected chi connectivity index (χ2v) is 4.83. The van der Waals surface area contributed by atoms with E-state index in [1.807, 2.05) is 23.9 Å². The molecule has 0 spiro atoms. The van der Waals surface area contributed by atoms with Crippen LogP contribution in [0.1, 0.15) is 12.8 Å². The lowest BCUT2D eigenvalue weighted by atomic mass is 10.1. The number of hydrogen-bond donors (Lipinski definition) is 3. The van der Waals surface area contributed by atoms with Crippen molar-refractivity contribution in [2.24, 2.45) is 5.84 Å². The van der Waals surface area contributed by atoms with Crippen LogP contribution in [0, 0.1) is 0 Å². The Labute approximate surface area is 94.0 Å². The van der Waals surface area contributed by atoms with Gasteiger partial charge in [0.25, 0.3) is 0 Å². The summed E-state index contributed by atoms with van der Waals surface area (Å²) < 4.78 is 0. The highest BCUT2D eigenvalue weighted by molar-refractivity contribution is 7.99. The standard InChI is InChI=1S/C10H16N4S/c11-14-10-7-9(1-4-12-10)13-8-2-5-15-6-3-8/h1,4,7-8H,2-3,5-6,11H2,(H2,12,13,14). The molecule has 1 aromatic rings. The van der Waals surface area contributed by atoms with Gasteiger partial charge in [0.1, 0.15) is 5.82 Å². The minimum absolute atomic E-state index is 0.597. The lowest BCUT2D eigenvalue weighted by molar-refractivity contribution is 0.667. The third-order valence-corrected chi connectivity index (χ3v) is 3.55. The van der Waals surface area contributed by atoms with Crippen LogP contribution in [0.4, 0.5) is 11.5 Å². The summed E-state index contributed by atoms with van der Waals surface area (Å²) in [7, 11) is 0. The number of anilines is 2. The second kappa shape index (κ2) is 5.23. The van der Waals surface area contributed by atoms with Crippen molar-refractivity contribution in [1.29, 1.82) is 0 Å². The number of aromatic nitrogens is 1. The SMILES string of the molecule is NNc1cc(NC2CCSCC2)ccn1. The number of nitrogens with two attached hydrogens (primary N) is 1. The molecule has 1 aliphatic heterocycles. The Morgan fingerprint density at radius 2 is 2.20 bits per heavy atom. The molecule has 0 saturated carbocycles. The van der Waals surface area contributed by atoms with Gasteiger partial charge < -0.3 is 10.7 Å². The van der Waals surface area contributed by atoms with E-state index in [0.717, 1.165) is 5.69 Å². The first-order valence-corrected chi connectivity index (χ1v) is 6.31. The zero-order valence-corrected chi connectivity index (χ0v) is 9.39. The van der Waals surface area contributed by atoms with Crippen molar-refractivity contribution in [1.82, 2.24) is 4.98 Å². The van der Waals surface area contributed by atoms with Gasteiger partial charge in [-0.15, -0.1) is 0 Å². The lowest BCUT2D eigenvalue weighted by Gasteiger charge is -2.23. The number of hydrogen-bond acceptors (Lipinski definition) is 5. The summed E-state index contributed by atoms with van der Waals surface area (Å²) >= 11 is 2.03. The number of rotatable bonds is 3. The quantitative estimate of drug-likeness (QED) is 0.538. The largest absolute Gasteiger partial charge is 0.382 e. The highest BCUT2D eigenvalue weighted by Crippen LogP contribution is 2.21. The van der Waals surface area contributed by atoms with E-state index >= 15 is 0 Å². The first-order valence-electron chi connectivity index (χ1n) is 5.15. The summed E-state index contributed by atoms with van der Waals surface area (Å²) in [5.74, 6) is 8.52. The minimum atomic E-state index is 0.597. The van der Waals surface area contributed by atoms with Gasteiger partial charge in [-0.05, 0) is 30.4 Å². The summed E-state index contributed by atoms with van der Waals surface area (Å²) in [5.41, 5.74) is 3.64. The smallest absolute Gasteiger partial charge is 0.141 e. The summed E-state index contributed by atoms with van der Waals surface area (Å²) in [4.78, 5) is 4.07. The molecule has 0 aromatic carbocycles. The molecule has 1 fully saturated rings. The van der Waals surface area contributed by atoms with Gasteiger partial charge in [-0.1, -0.05) is 0 Å². The fourth-order valence-corrected chi connectivity index (χ4v) is 2.78. The molecule has 2 heterocycles. The summed E-state index contributed by atoms with van der Waals surface area (Å²) in [6, 6.07) is 4.50. The topological polar surface area (TPSA) is 63.0 Å². The van der Waals surface area contributed by atoms with Gasteiger partial charge in [-0.25, -0.2) is 10.8 Å². The van der Waals surface area contributed by atoms with Gasteiger partial charge >= 0.3 is 0 Å². The van der Waals surface area contributed by atoms with Crippen molar-refractivity contribution in [2.45, 2.75) is 18.9 Å². The molecule has 0 atom stereocenters. The van der Waals surface area contributed by atoms with Crippen LogP contribution in [-0.4, -0.2) is 22.5 Å². The minimum Gasteiger partial charge on any atom is -0.382 e. The van der Waals surface area contributed by atoms with Crippen molar-refractivity contribution >= 4 is 23.3 Å². The molecule has 0 unspecified atom stereocenters. The Morgan fingerprint density at radius 1 is 1.40 bits per heavy atom. The summed E-state index contributed by atoms with van der Waals surface area (Å²) in [6.45, 7) is 0. The van der Waals surface area contributed by atoms with Crippen LogP contribution < -0.4 is 16.6 Å². The monoisotopic (exact) mass is 224 g/mol. The van der Waals surface area contributed by atoms with Crippen molar-refractivity contribution < 1.29 is 0 Å². The first kappa shape index (κ1) is 10.6. The van der Waals surface area contributed by atoms with E-state index < -0.39 is 0 Å². The number of nitrogen functional groups attached to an aromatic ring is 1. The molecule has 0 amide bonds. The van der Waals surface area contributed by atoms with Gasteiger partial charge in [0.15, 0.2) is 0 Å². The van der Waals surface area contributed by atoms with Crippen molar-refractivity contribution in [3.8, 4) is 0 Å². The van der Waals surface area contributed by atoms with E-state index in [-0.39, 0.29) is 0 Å². The zero-order valence-electron chi connectivity index (χ0n) is 8.57. The number of hydrazine groups is 1. The maximum absolute atomic E-state index is 5.31. The zero-order chi connectivity index (χ0) is 10.5. The van der Waals surface area contributed by atoms with Crippen LogP contribution in [0.2, 0.25) is 0 Å². The van der Waals surface area contributed by atoms with Crippen LogP contribution in [0.5, 0.6) is 0 Å². The average molecular weight is 224 g/mol. The number of nitrogens with one attached hydrogen (secondary N) is 2. The summed E-state index contributed by atoms with van der Waals surface area (Å²) in [6.07, 6.45) is 4.23. The third-order valence-electron chi connectivity index (χ3n) is 2.50. The number of pyridine rings is 1. The van der Waals surface area contributed by atoms with Gasteiger partial charge in [0.2, 0.25) is 0 Å². The molecule has 0 aliphatic carbocycles. The van der Waals surface area contributed by atoms with E-state index in [1.165, 1.54) is 24.3 Å². The van der Waals surface area contributed by atoms with E-state index in [2.05, 4.69) is 15.7 Å². The highest BCUT2D eigenvalue weighted by Gasteiger charge is 2.13. The number of nitrogens with zero attached hydrogens (tertiary/aromatic N) is 1. The maximum Gasteiger partial charge on any atom is 0.141 e. The average Bonchev–Trinajstić information content (AvgIpc) is 2.31. The van der Waals surface area contributed by atoms with E-state index in [0.29, 0.717) is 11.9 Å². The van der Waals surface area contributed by atoms with Gasteiger partial charge in [-0.2, -0.15) is 11.8 Å². The summed E-state index contributed by atoms with van der Waals surface area (Å²) in [5, 5.41) is 3.51.